The Morgan fingerprint density at radius 1 is 0.882 bits per heavy atom. The molecule has 0 unspecified atom stereocenters. The minimum absolute atomic E-state index is 0.0764. The standard InChI is InChI=1S/C25H26FN3O4S/c1-16(2)15-27-24(30)19-6-13-23(17(3)14-19)28-25(31)18-4-9-21(10-5-18)29-34(32,33)22-11-7-20(26)8-12-22/h4-14,16,29H,15H2,1-3H3,(H,27,30)(H,28,31). The third-order valence-electron chi connectivity index (χ3n) is 4.93. The van der Waals surface area contributed by atoms with E-state index in [0.29, 0.717) is 29.3 Å². The number of hydrogen-bond donors (Lipinski definition) is 3. The molecule has 0 saturated carbocycles. The number of anilines is 2. The minimum atomic E-state index is -3.89. The molecule has 0 aliphatic heterocycles. The number of nitrogens with one attached hydrogen (secondary N) is 3. The van der Waals surface area contributed by atoms with Gasteiger partial charge in [0.15, 0.2) is 0 Å². The largest absolute Gasteiger partial charge is 0.352 e. The lowest BCUT2D eigenvalue weighted by atomic mass is 10.1. The van der Waals surface area contributed by atoms with Crippen LogP contribution in [0.15, 0.2) is 71.6 Å². The number of hydrogen-bond acceptors (Lipinski definition) is 4. The zero-order chi connectivity index (χ0) is 24.9. The van der Waals surface area contributed by atoms with Crippen molar-refractivity contribution in [3.8, 4) is 0 Å². The van der Waals surface area contributed by atoms with Gasteiger partial charge in [-0.25, -0.2) is 12.8 Å². The van der Waals surface area contributed by atoms with E-state index in [0.717, 1.165) is 17.7 Å². The van der Waals surface area contributed by atoms with Gasteiger partial charge in [0, 0.05) is 29.0 Å². The SMILES string of the molecule is Cc1cc(C(=O)NCC(C)C)ccc1NC(=O)c1ccc(NS(=O)(=O)c2ccc(F)cc2)cc1. The van der Waals surface area contributed by atoms with Crippen LogP contribution in [0.25, 0.3) is 0 Å². The molecule has 3 aromatic carbocycles. The van der Waals surface area contributed by atoms with Gasteiger partial charge in [-0.15, -0.1) is 0 Å². The molecule has 34 heavy (non-hydrogen) atoms. The van der Waals surface area contributed by atoms with Gasteiger partial charge in [-0.1, -0.05) is 13.8 Å². The average Bonchev–Trinajstić information content (AvgIpc) is 2.79. The first-order valence-corrected chi connectivity index (χ1v) is 12.1. The third kappa shape index (κ3) is 6.41. The molecule has 0 fully saturated rings. The van der Waals surface area contributed by atoms with Crippen LogP contribution in [-0.2, 0) is 10.0 Å². The van der Waals surface area contributed by atoms with Gasteiger partial charge in [0.25, 0.3) is 21.8 Å². The number of carbonyl (C=O) groups is 2. The number of halogens is 1. The Morgan fingerprint density at radius 2 is 1.50 bits per heavy atom. The van der Waals surface area contributed by atoms with Crippen molar-refractivity contribution in [2.24, 2.45) is 5.92 Å². The topological polar surface area (TPSA) is 104 Å². The summed E-state index contributed by atoms with van der Waals surface area (Å²) < 4.78 is 40.3. The molecule has 178 valence electrons. The highest BCUT2D eigenvalue weighted by atomic mass is 32.2. The van der Waals surface area contributed by atoms with Gasteiger partial charge in [0.2, 0.25) is 0 Å². The summed E-state index contributed by atoms with van der Waals surface area (Å²) in [5.74, 6) is -0.747. The van der Waals surface area contributed by atoms with Gasteiger partial charge in [-0.05, 0) is 85.1 Å². The smallest absolute Gasteiger partial charge is 0.261 e. The summed E-state index contributed by atoms with van der Waals surface area (Å²) >= 11 is 0. The van der Waals surface area contributed by atoms with Crippen molar-refractivity contribution in [3.05, 3.63) is 89.2 Å². The summed E-state index contributed by atoms with van der Waals surface area (Å²) in [7, 11) is -3.89. The van der Waals surface area contributed by atoms with E-state index in [4.69, 9.17) is 0 Å². The van der Waals surface area contributed by atoms with Crippen molar-refractivity contribution >= 4 is 33.2 Å². The maximum absolute atomic E-state index is 13.0. The lowest BCUT2D eigenvalue weighted by Crippen LogP contribution is -2.27. The van der Waals surface area contributed by atoms with Crippen molar-refractivity contribution in [1.29, 1.82) is 0 Å². The monoisotopic (exact) mass is 483 g/mol. The fraction of sp³-hybridized carbons (Fsp3) is 0.200. The molecule has 9 heteroatoms. The molecule has 3 rings (SSSR count). The Kier molecular flexibility index (Phi) is 7.68. The van der Waals surface area contributed by atoms with Crippen LogP contribution in [0.2, 0.25) is 0 Å². The van der Waals surface area contributed by atoms with Gasteiger partial charge < -0.3 is 10.6 Å². The van der Waals surface area contributed by atoms with Gasteiger partial charge >= 0.3 is 0 Å². The second-order valence-corrected chi connectivity index (χ2v) is 9.91. The second kappa shape index (κ2) is 10.5. The molecule has 0 aromatic heterocycles. The Balaban J connectivity index is 1.65. The van der Waals surface area contributed by atoms with E-state index >= 15 is 0 Å². The normalized spacial score (nSPS) is 11.2. The van der Waals surface area contributed by atoms with Crippen molar-refractivity contribution in [2.45, 2.75) is 25.7 Å². The molecule has 0 aliphatic carbocycles. The van der Waals surface area contributed by atoms with Crippen LogP contribution in [0.3, 0.4) is 0 Å². The first kappa shape index (κ1) is 24.9. The molecular formula is C25H26FN3O4S. The third-order valence-corrected chi connectivity index (χ3v) is 6.33. The number of benzene rings is 3. The second-order valence-electron chi connectivity index (χ2n) is 8.22. The lowest BCUT2D eigenvalue weighted by Gasteiger charge is -2.12. The Bertz CT molecular complexity index is 1290. The number of carbonyl (C=O) groups excluding carboxylic acids is 2. The van der Waals surface area contributed by atoms with Gasteiger partial charge in [-0.3, -0.25) is 14.3 Å². The maximum atomic E-state index is 13.0. The van der Waals surface area contributed by atoms with Crippen LogP contribution < -0.4 is 15.4 Å². The van der Waals surface area contributed by atoms with E-state index in [1.54, 1.807) is 25.1 Å². The zero-order valence-electron chi connectivity index (χ0n) is 19.1. The number of rotatable bonds is 8. The fourth-order valence-electron chi connectivity index (χ4n) is 3.06. The van der Waals surface area contributed by atoms with Crippen LogP contribution in [0.1, 0.15) is 40.1 Å². The number of aryl methyl sites for hydroxylation is 1. The molecule has 0 spiro atoms. The zero-order valence-corrected chi connectivity index (χ0v) is 19.9. The van der Waals surface area contributed by atoms with Crippen LogP contribution in [0.4, 0.5) is 15.8 Å². The molecule has 3 aromatic rings. The van der Waals surface area contributed by atoms with E-state index in [2.05, 4.69) is 15.4 Å². The first-order chi connectivity index (χ1) is 16.0. The molecule has 7 nitrogen and oxygen atoms in total. The Labute approximate surface area is 198 Å². The highest BCUT2D eigenvalue weighted by molar-refractivity contribution is 7.92. The molecule has 2 amide bonds. The number of sulfonamides is 1. The lowest BCUT2D eigenvalue weighted by molar-refractivity contribution is 0.0948. The molecule has 0 radical (unpaired) electrons. The Hall–Kier alpha value is -3.72. The molecule has 0 saturated heterocycles. The van der Waals surface area contributed by atoms with Crippen molar-refractivity contribution in [1.82, 2.24) is 5.32 Å². The Morgan fingerprint density at radius 3 is 2.09 bits per heavy atom. The predicted octanol–water partition coefficient (Wildman–Crippen LogP) is 4.57. The minimum Gasteiger partial charge on any atom is -0.352 e. The maximum Gasteiger partial charge on any atom is 0.261 e. The quantitative estimate of drug-likeness (QED) is 0.436. The molecule has 0 atom stereocenters. The molecule has 0 aliphatic rings. The van der Waals surface area contributed by atoms with Gasteiger partial charge in [-0.2, -0.15) is 0 Å². The summed E-state index contributed by atoms with van der Waals surface area (Å²) in [5.41, 5.74) is 2.38. The van der Waals surface area contributed by atoms with E-state index in [9.17, 15) is 22.4 Å². The van der Waals surface area contributed by atoms with Crippen LogP contribution in [0, 0.1) is 18.7 Å². The summed E-state index contributed by atoms with van der Waals surface area (Å²) in [6, 6.07) is 15.4. The van der Waals surface area contributed by atoms with E-state index in [-0.39, 0.29) is 22.4 Å². The fourth-order valence-corrected chi connectivity index (χ4v) is 4.11. The highest BCUT2D eigenvalue weighted by Crippen LogP contribution is 2.20. The predicted molar refractivity (Wildman–Crippen MR) is 130 cm³/mol. The summed E-state index contributed by atoms with van der Waals surface area (Å²) in [4.78, 5) is 24.8. The van der Waals surface area contributed by atoms with E-state index in [1.165, 1.54) is 36.4 Å². The van der Waals surface area contributed by atoms with Crippen molar-refractivity contribution < 1.29 is 22.4 Å². The van der Waals surface area contributed by atoms with Gasteiger partial charge in [0.1, 0.15) is 5.82 Å². The first-order valence-electron chi connectivity index (χ1n) is 10.6. The molecule has 0 bridgehead atoms. The summed E-state index contributed by atoms with van der Waals surface area (Å²) in [6.07, 6.45) is 0. The highest BCUT2D eigenvalue weighted by Gasteiger charge is 2.15. The number of amides is 2. The molecule has 0 heterocycles. The average molecular weight is 484 g/mol. The van der Waals surface area contributed by atoms with Crippen LogP contribution >= 0.6 is 0 Å². The van der Waals surface area contributed by atoms with Gasteiger partial charge in [0.05, 0.1) is 4.90 Å². The van der Waals surface area contributed by atoms with Crippen molar-refractivity contribution in [3.63, 3.8) is 0 Å². The molecule has 3 N–H and O–H groups in total. The van der Waals surface area contributed by atoms with Crippen LogP contribution in [-0.4, -0.2) is 26.8 Å². The van der Waals surface area contributed by atoms with Crippen LogP contribution in [0.5, 0.6) is 0 Å². The van der Waals surface area contributed by atoms with Crippen molar-refractivity contribution in [2.75, 3.05) is 16.6 Å². The summed E-state index contributed by atoms with van der Waals surface area (Å²) in [5, 5.41) is 5.65. The van der Waals surface area contributed by atoms with E-state index < -0.39 is 15.8 Å². The summed E-state index contributed by atoms with van der Waals surface area (Å²) in [6.45, 7) is 6.39. The van der Waals surface area contributed by atoms with E-state index in [1.807, 2.05) is 13.8 Å². The molecular weight excluding hydrogens is 457 g/mol.